The number of nitrogens with one attached hydrogen (secondary N) is 1. The average molecular weight is 233 g/mol. The van der Waals surface area contributed by atoms with Gasteiger partial charge in [-0.15, -0.1) is 0 Å². The molecule has 92 valence electrons. The van der Waals surface area contributed by atoms with Crippen LogP contribution in [0.4, 0.5) is 5.69 Å². The van der Waals surface area contributed by atoms with E-state index in [1.165, 1.54) is 12.8 Å². The minimum Gasteiger partial charge on any atom is -0.378 e. The van der Waals surface area contributed by atoms with Gasteiger partial charge in [0, 0.05) is 17.8 Å². The summed E-state index contributed by atoms with van der Waals surface area (Å²) >= 11 is 0. The van der Waals surface area contributed by atoms with E-state index in [0.717, 1.165) is 18.5 Å². The number of amides is 1. The van der Waals surface area contributed by atoms with E-state index in [2.05, 4.69) is 5.32 Å². The number of para-hydroxylation sites is 1. The molecule has 0 spiro atoms. The monoisotopic (exact) mass is 233 g/mol. The zero-order chi connectivity index (χ0) is 12.3. The van der Waals surface area contributed by atoms with E-state index in [1.807, 2.05) is 18.2 Å². The van der Waals surface area contributed by atoms with Crippen molar-refractivity contribution in [2.45, 2.75) is 31.2 Å². The molecule has 5 N–H and O–H groups in total. The third-order valence-corrected chi connectivity index (χ3v) is 3.54. The molecule has 1 aliphatic rings. The molecule has 0 heterocycles. The lowest BCUT2D eigenvalue weighted by atomic mass is 9.96. The second-order valence-corrected chi connectivity index (χ2v) is 4.73. The number of carbonyl (C=O) groups excluding carboxylic acids is 1. The van der Waals surface area contributed by atoms with Gasteiger partial charge >= 0.3 is 0 Å². The van der Waals surface area contributed by atoms with Gasteiger partial charge in [0.15, 0.2) is 0 Å². The van der Waals surface area contributed by atoms with E-state index in [0.29, 0.717) is 12.1 Å². The van der Waals surface area contributed by atoms with E-state index >= 15 is 0 Å². The molecule has 17 heavy (non-hydrogen) atoms. The Labute approximate surface area is 101 Å². The van der Waals surface area contributed by atoms with Gasteiger partial charge in [-0.25, -0.2) is 0 Å². The lowest BCUT2D eigenvalue weighted by Crippen LogP contribution is -2.43. The predicted octanol–water partition coefficient (Wildman–Crippen LogP) is 1.47. The van der Waals surface area contributed by atoms with Gasteiger partial charge in [0.2, 0.25) is 0 Å². The number of primary amides is 1. The van der Waals surface area contributed by atoms with Crippen molar-refractivity contribution in [1.29, 1.82) is 0 Å². The Balaban J connectivity index is 2.26. The number of benzene rings is 1. The highest BCUT2D eigenvalue weighted by molar-refractivity contribution is 5.98. The van der Waals surface area contributed by atoms with Crippen molar-refractivity contribution < 1.29 is 4.79 Å². The Morgan fingerprint density at radius 1 is 1.29 bits per heavy atom. The normalized spacial score (nSPS) is 17.9. The van der Waals surface area contributed by atoms with Crippen LogP contribution in [-0.4, -0.2) is 18.0 Å². The molecule has 0 saturated heterocycles. The molecule has 1 aromatic rings. The molecule has 1 amide bonds. The van der Waals surface area contributed by atoms with Crippen LogP contribution in [0.5, 0.6) is 0 Å². The van der Waals surface area contributed by atoms with Crippen molar-refractivity contribution in [2.75, 3.05) is 11.9 Å². The lowest BCUT2D eigenvalue weighted by Gasteiger charge is -2.30. The number of hydrogen-bond donors (Lipinski definition) is 3. The Hall–Kier alpha value is -1.55. The number of hydrogen-bond acceptors (Lipinski definition) is 3. The summed E-state index contributed by atoms with van der Waals surface area (Å²) in [6, 6.07) is 7.34. The quantitative estimate of drug-likeness (QED) is 0.736. The minimum absolute atomic E-state index is 0.0639. The van der Waals surface area contributed by atoms with E-state index in [4.69, 9.17) is 11.5 Å². The predicted molar refractivity (Wildman–Crippen MR) is 68.8 cm³/mol. The number of nitrogens with two attached hydrogens (primary N) is 2. The second-order valence-electron chi connectivity index (χ2n) is 4.73. The van der Waals surface area contributed by atoms with Crippen molar-refractivity contribution in [1.82, 2.24) is 0 Å². The van der Waals surface area contributed by atoms with Crippen molar-refractivity contribution in [3.63, 3.8) is 0 Å². The van der Waals surface area contributed by atoms with Gasteiger partial charge in [-0.2, -0.15) is 0 Å². The number of anilines is 1. The van der Waals surface area contributed by atoms with Gasteiger partial charge < -0.3 is 16.8 Å². The van der Waals surface area contributed by atoms with Gasteiger partial charge in [0.05, 0.1) is 5.56 Å². The molecule has 0 aromatic heterocycles. The Morgan fingerprint density at radius 2 is 1.94 bits per heavy atom. The zero-order valence-electron chi connectivity index (χ0n) is 9.91. The van der Waals surface area contributed by atoms with Crippen LogP contribution in [0.15, 0.2) is 24.3 Å². The molecule has 0 radical (unpaired) electrons. The number of rotatable bonds is 4. The van der Waals surface area contributed by atoms with Crippen molar-refractivity contribution in [3.8, 4) is 0 Å². The van der Waals surface area contributed by atoms with Crippen LogP contribution >= 0.6 is 0 Å². The first-order chi connectivity index (χ1) is 8.17. The first-order valence-corrected chi connectivity index (χ1v) is 6.04. The molecule has 4 heteroatoms. The first kappa shape index (κ1) is 11.9. The van der Waals surface area contributed by atoms with E-state index in [1.54, 1.807) is 6.07 Å². The summed E-state index contributed by atoms with van der Waals surface area (Å²) in [5.41, 5.74) is 12.5. The van der Waals surface area contributed by atoms with E-state index in [9.17, 15) is 4.79 Å². The highest BCUT2D eigenvalue weighted by Crippen LogP contribution is 2.33. The SMILES string of the molecule is NCC1(Nc2ccccc2C(N)=O)CCCC1. The van der Waals surface area contributed by atoms with Crippen molar-refractivity contribution >= 4 is 11.6 Å². The molecule has 0 aliphatic heterocycles. The van der Waals surface area contributed by atoms with Gasteiger partial charge in [0.1, 0.15) is 0 Å². The smallest absolute Gasteiger partial charge is 0.250 e. The summed E-state index contributed by atoms with van der Waals surface area (Å²) in [5, 5.41) is 3.43. The molecule has 1 saturated carbocycles. The van der Waals surface area contributed by atoms with Gasteiger partial charge in [0.25, 0.3) is 5.91 Å². The fraction of sp³-hybridized carbons (Fsp3) is 0.462. The van der Waals surface area contributed by atoms with Gasteiger partial charge in [-0.05, 0) is 25.0 Å². The summed E-state index contributed by atoms with van der Waals surface area (Å²) in [6.07, 6.45) is 4.47. The summed E-state index contributed by atoms with van der Waals surface area (Å²) in [7, 11) is 0. The number of carbonyl (C=O) groups is 1. The molecule has 2 rings (SSSR count). The third-order valence-electron chi connectivity index (χ3n) is 3.54. The molecule has 1 fully saturated rings. The molecule has 0 atom stereocenters. The fourth-order valence-electron chi connectivity index (χ4n) is 2.52. The second kappa shape index (κ2) is 4.75. The van der Waals surface area contributed by atoms with Crippen LogP contribution in [0.3, 0.4) is 0 Å². The first-order valence-electron chi connectivity index (χ1n) is 6.04. The van der Waals surface area contributed by atoms with Crippen LogP contribution in [0.25, 0.3) is 0 Å². The largest absolute Gasteiger partial charge is 0.378 e. The van der Waals surface area contributed by atoms with Gasteiger partial charge in [-0.1, -0.05) is 25.0 Å². The lowest BCUT2D eigenvalue weighted by molar-refractivity contribution is 0.100. The topological polar surface area (TPSA) is 81.1 Å². The van der Waals surface area contributed by atoms with Crippen LogP contribution < -0.4 is 16.8 Å². The van der Waals surface area contributed by atoms with E-state index in [-0.39, 0.29) is 5.54 Å². The zero-order valence-corrected chi connectivity index (χ0v) is 9.91. The molecule has 1 aromatic carbocycles. The van der Waals surface area contributed by atoms with Crippen molar-refractivity contribution in [2.24, 2.45) is 11.5 Å². The Kier molecular flexibility index (Phi) is 3.33. The maximum Gasteiger partial charge on any atom is 0.250 e. The molecular formula is C13H19N3O. The fourth-order valence-corrected chi connectivity index (χ4v) is 2.52. The van der Waals surface area contributed by atoms with Gasteiger partial charge in [-0.3, -0.25) is 4.79 Å². The molecule has 1 aliphatic carbocycles. The highest BCUT2D eigenvalue weighted by atomic mass is 16.1. The Bertz CT molecular complexity index is 411. The molecule has 0 unspecified atom stereocenters. The summed E-state index contributed by atoms with van der Waals surface area (Å²) in [6.45, 7) is 0.583. The highest BCUT2D eigenvalue weighted by Gasteiger charge is 2.32. The Morgan fingerprint density at radius 3 is 2.53 bits per heavy atom. The van der Waals surface area contributed by atoms with Crippen molar-refractivity contribution in [3.05, 3.63) is 29.8 Å². The maximum absolute atomic E-state index is 11.3. The molecule has 0 bridgehead atoms. The summed E-state index contributed by atoms with van der Waals surface area (Å²) in [5.74, 6) is -0.404. The third kappa shape index (κ3) is 2.42. The van der Waals surface area contributed by atoms with Crippen LogP contribution in [-0.2, 0) is 0 Å². The average Bonchev–Trinajstić information content (AvgIpc) is 2.79. The summed E-state index contributed by atoms with van der Waals surface area (Å²) < 4.78 is 0. The standard InChI is InChI=1S/C13H19N3O/c14-9-13(7-3-4-8-13)16-11-6-2-1-5-10(11)12(15)17/h1-2,5-6,16H,3-4,7-9,14H2,(H2,15,17). The maximum atomic E-state index is 11.3. The van der Waals surface area contributed by atoms with Crippen LogP contribution in [0.1, 0.15) is 36.0 Å². The summed E-state index contributed by atoms with van der Waals surface area (Å²) in [4.78, 5) is 11.3. The van der Waals surface area contributed by atoms with Crippen LogP contribution in [0, 0.1) is 0 Å². The molecule has 4 nitrogen and oxygen atoms in total. The minimum atomic E-state index is -0.404. The molecular weight excluding hydrogens is 214 g/mol. The van der Waals surface area contributed by atoms with Crippen LogP contribution in [0.2, 0.25) is 0 Å². The van der Waals surface area contributed by atoms with E-state index < -0.39 is 5.91 Å².